The summed E-state index contributed by atoms with van der Waals surface area (Å²) in [5, 5.41) is 31.6. The zero-order valence-corrected chi connectivity index (χ0v) is 12.0. The molecule has 8 nitrogen and oxygen atoms in total. The largest absolute Gasteiger partial charge is 0.489 e. The van der Waals surface area contributed by atoms with Gasteiger partial charge in [-0.25, -0.2) is 4.79 Å². The van der Waals surface area contributed by atoms with Crippen molar-refractivity contribution in [3.63, 3.8) is 0 Å². The van der Waals surface area contributed by atoms with Gasteiger partial charge >= 0.3 is 13.2 Å². The Morgan fingerprint density at radius 1 is 1.43 bits per heavy atom. The highest BCUT2D eigenvalue weighted by atomic mass is 16.6. The molecule has 0 bridgehead atoms. The number of carbonyl (C=O) groups is 1. The first-order valence-corrected chi connectivity index (χ1v) is 6.20. The number of hydrogen-bond acceptors (Lipinski definition) is 6. The number of alkyl carbamates (subject to hydrolysis) is 1. The summed E-state index contributed by atoms with van der Waals surface area (Å²) in [6.45, 7) is 5.09. The first kappa shape index (κ1) is 16.9. The third-order valence-corrected chi connectivity index (χ3v) is 2.44. The van der Waals surface area contributed by atoms with E-state index in [1.165, 1.54) is 12.1 Å². The van der Waals surface area contributed by atoms with Gasteiger partial charge in [0.15, 0.2) is 0 Å². The lowest BCUT2D eigenvalue weighted by atomic mass is 9.76. The number of nitrogens with zero attached hydrogens (tertiary/aromatic N) is 1. The molecular weight excluding hydrogens is 279 g/mol. The van der Waals surface area contributed by atoms with E-state index in [0.29, 0.717) is 5.56 Å². The third kappa shape index (κ3) is 5.40. The van der Waals surface area contributed by atoms with Crippen LogP contribution in [-0.2, 0) is 11.3 Å². The lowest BCUT2D eigenvalue weighted by Crippen LogP contribution is -2.37. The van der Waals surface area contributed by atoms with Crippen LogP contribution >= 0.6 is 0 Å². The number of rotatable bonds is 4. The summed E-state index contributed by atoms with van der Waals surface area (Å²) in [5.41, 5.74) is -0.611. The van der Waals surface area contributed by atoms with Crippen LogP contribution in [0.4, 0.5) is 10.5 Å². The Morgan fingerprint density at radius 2 is 2.05 bits per heavy atom. The smallest absolute Gasteiger partial charge is 0.444 e. The predicted molar refractivity (Wildman–Crippen MR) is 76.0 cm³/mol. The molecule has 0 atom stereocenters. The maximum Gasteiger partial charge on any atom is 0.489 e. The van der Waals surface area contributed by atoms with Crippen LogP contribution in [-0.4, -0.2) is 33.8 Å². The Bertz CT molecular complexity index is 541. The summed E-state index contributed by atoms with van der Waals surface area (Å²) in [7, 11) is -1.87. The second kappa shape index (κ2) is 6.55. The van der Waals surface area contributed by atoms with Gasteiger partial charge in [0.25, 0.3) is 5.69 Å². The molecule has 21 heavy (non-hydrogen) atoms. The molecule has 3 N–H and O–H groups in total. The second-order valence-corrected chi connectivity index (χ2v) is 5.37. The number of non-ortho nitro benzene ring substituents is 1. The molecule has 0 saturated heterocycles. The van der Waals surface area contributed by atoms with E-state index in [0.717, 1.165) is 6.07 Å². The van der Waals surface area contributed by atoms with E-state index < -0.39 is 23.7 Å². The fraction of sp³-hybridized carbons (Fsp3) is 0.417. The molecule has 1 aromatic carbocycles. The van der Waals surface area contributed by atoms with Crippen LogP contribution in [0.15, 0.2) is 18.2 Å². The van der Waals surface area contributed by atoms with Gasteiger partial charge in [0.05, 0.1) is 4.92 Å². The summed E-state index contributed by atoms with van der Waals surface area (Å²) in [6.07, 6.45) is -0.667. The van der Waals surface area contributed by atoms with Crippen molar-refractivity contribution in [3.05, 3.63) is 33.9 Å². The van der Waals surface area contributed by atoms with E-state index in [1.807, 2.05) is 0 Å². The molecule has 9 heteroatoms. The normalized spacial score (nSPS) is 10.9. The van der Waals surface area contributed by atoms with Crippen molar-refractivity contribution in [1.29, 1.82) is 0 Å². The monoisotopic (exact) mass is 296 g/mol. The first-order chi connectivity index (χ1) is 9.60. The van der Waals surface area contributed by atoms with Gasteiger partial charge in [-0.05, 0) is 31.8 Å². The number of benzene rings is 1. The number of hydrogen-bond donors (Lipinski definition) is 3. The van der Waals surface area contributed by atoms with Gasteiger partial charge in [-0.2, -0.15) is 0 Å². The molecule has 0 radical (unpaired) electrons. The van der Waals surface area contributed by atoms with E-state index >= 15 is 0 Å². The molecule has 0 aliphatic rings. The highest BCUT2D eigenvalue weighted by molar-refractivity contribution is 6.59. The quantitative estimate of drug-likeness (QED) is 0.417. The van der Waals surface area contributed by atoms with E-state index in [1.54, 1.807) is 20.8 Å². The van der Waals surface area contributed by atoms with Gasteiger partial charge < -0.3 is 20.1 Å². The summed E-state index contributed by atoms with van der Waals surface area (Å²) in [5.74, 6) is 0. The number of amides is 1. The Kier molecular flexibility index (Phi) is 5.28. The lowest BCUT2D eigenvalue weighted by molar-refractivity contribution is -0.384. The van der Waals surface area contributed by atoms with Gasteiger partial charge in [0.1, 0.15) is 5.60 Å². The highest BCUT2D eigenvalue weighted by Crippen LogP contribution is 2.11. The van der Waals surface area contributed by atoms with Gasteiger partial charge in [-0.1, -0.05) is 6.07 Å². The van der Waals surface area contributed by atoms with Crippen LogP contribution in [0.25, 0.3) is 0 Å². The number of nitrogens with one attached hydrogen (secondary N) is 1. The van der Waals surface area contributed by atoms with Crippen LogP contribution in [0.1, 0.15) is 26.3 Å². The second-order valence-electron chi connectivity index (χ2n) is 5.37. The predicted octanol–water partition coefficient (Wildman–Crippen LogP) is 0.299. The molecule has 1 rings (SSSR count). The Labute approximate surface area is 122 Å². The fourth-order valence-electron chi connectivity index (χ4n) is 1.58. The van der Waals surface area contributed by atoms with E-state index in [4.69, 9.17) is 4.74 Å². The molecule has 0 fully saturated rings. The third-order valence-electron chi connectivity index (χ3n) is 2.44. The molecule has 0 aliphatic heterocycles. The van der Waals surface area contributed by atoms with Gasteiger partial charge in [0, 0.05) is 18.7 Å². The minimum Gasteiger partial charge on any atom is -0.444 e. The highest BCUT2D eigenvalue weighted by Gasteiger charge is 2.21. The number of ether oxygens (including phenoxy) is 1. The SMILES string of the molecule is CC(C)(C)OC(=O)NCc1ccc([N+](=O)[O-])cc1B(O)O. The van der Waals surface area contributed by atoms with E-state index in [9.17, 15) is 25.0 Å². The molecule has 0 spiro atoms. The summed E-state index contributed by atoms with van der Waals surface area (Å²) < 4.78 is 5.04. The van der Waals surface area contributed by atoms with Crippen LogP contribution in [0.2, 0.25) is 0 Å². The lowest BCUT2D eigenvalue weighted by Gasteiger charge is -2.20. The number of carbonyl (C=O) groups excluding carboxylic acids is 1. The van der Waals surface area contributed by atoms with Crippen molar-refractivity contribution in [2.45, 2.75) is 32.9 Å². The minimum atomic E-state index is -1.87. The average molecular weight is 296 g/mol. The number of nitro benzene ring substituents is 1. The van der Waals surface area contributed by atoms with Gasteiger partial charge in [0.2, 0.25) is 0 Å². The Morgan fingerprint density at radius 3 is 2.52 bits per heavy atom. The standard InChI is InChI=1S/C12H17BN2O6/c1-12(2,3)21-11(16)14-7-8-4-5-9(15(19)20)6-10(8)13(17)18/h4-6,17-18H,7H2,1-3H3,(H,14,16). The van der Waals surface area contributed by atoms with Crippen LogP contribution < -0.4 is 10.8 Å². The van der Waals surface area contributed by atoms with Gasteiger partial charge in [-0.3, -0.25) is 10.1 Å². The van der Waals surface area contributed by atoms with Crippen molar-refractivity contribution in [2.24, 2.45) is 0 Å². The minimum absolute atomic E-state index is 0.0414. The van der Waals surface area contributed by atoms with Crippen molar-refractivity contribution in [1.82, 2.24) is 5.32 Å². The fourth-order valence-corrected chi connectivity index (χ4v) is 1.58. The van der Waals surface area contributed by atoms with Crippen LogP contribution in [0, 0.1) is 10.1 Å². The first-order valence-electron chi connectivity index (χ1n) is 6.20. The van der Waals surface area contributed by atoms with E-state index in [2.05, 4.69) is 5.32 Å². The van der Waals surface area contributed by atoms with Gasteiger partial charge in [-0.15, -0.1) is 0 Å². The molecule has 1 amide bonds. The summed E-state index contributed by atoms with van der Waals surface area (Å²) in [4.78, 5) is 21.5. The molecular formula is C12H17BN2O6. The summed E-state index contributed by atoms with van der Waals surface area (Å²) >= 11 is 0. The van der Waals surface area contributed by atoms with E-state index in [-0.39, 0.29) is 17.7 Å². The molecule has 0 aliphatic carbocycles. The topological polar surface area (TPSA) is 122 Å². The van der Waals surface area contributed by atoms with Crippen molar-refractivity contribution >= 4 is 24.4 Å². The molecule has 0 aromatic heterocycles. The Balaban J connectivity index is 2.84. The average Bonchev–Trinajstić information content (AvgIpc) is 2.33. The van der Waals surface area contributed by atoms with Crippen LogP contribution in [0.5, 0.6) is 0 Å². The molecule has 0 saturated carbocycles. The number of nitro groups is 1. The van der Waals surface area contributed by atoms with Crippen molar-refractivity contribution < 1.29 is 24.5 Å². The maximum atomic E-state index is 11.5. The summed E-state index contributed by atoms with van der Waals surface area (Å²) in [6, 6.07) is 3.62. The zero-order chi connectivity index (χ0) is 16.2. The Hall–Kier alpha value is -2.13. The molecule has 1 aromatic rings. The van der Waals surface area contributed by atoms with Crippen LogP contribution in [0.3, 0.4) is 0 Å². The molecule has 0 unspecified atom stereocenters. The molecule has 0 heterocycles. The van der Waals surface area contributed by atoms with Crippen molar-refractivity contribution in [3.8, 4) is 0 Å². The zero-order valence-electron chi connectivity index (χ0n) is 12.0. The molecule has 114 valence electrons. The van der Waals surface area contributed by atoms with Crippen molar-refractivity contribution in [2.75, 3.05) is 0 Å². The maximum absolute atomic E-state index is 11.5.